The van der Waals surface area contributed by atoms with Crippen LogP contribution in [0.4, 0.5) is 0 Å². The molecule has 0 aromatic rings. The zero-order chi connectivity index (χ0) is 11.6. The Labute approximate surface area is 91.7 Å². The van der Waals surface area contributed by atoms with Crippen LogP contribution in [0.25, 0.3) is 0 Å². The lowest BCUT2D eigenvalue weighted by Gasteiger charge is -2.28. The molecule has 0 spiro atoms. The highest BCUT2D eigenvalue weighted by atomic mass is 16.7. The summed E-state index contributed by atoms with van der Waals surface area (Å²) in [5.41, 5.74) is 5.19. The lowest BCUT2D eigenvalue weighted by Crippen LogP contribution is -2.35. The number of carbonyl (C=O) groups excluding carboxylic acids is 1. The van der Waals surface area contributed by atoms with Crippen LogP contribution in [0.5, 0.6) is 0 Å². The van der Waals surface area contributed by atoms with Crippen LogP contribution in [-0.4, -0.2) is 29.7 Å². The minimum Gasteiger partial charge on any atom is -0.330 e. The van der Waals surface area contributed by atoms with E-state index in [1.54, 1.807) is 0 Å². The van der Waals surface area contributed by atoms with Crippen LogP contribution in [0.15, 0.2) is 0 Å². The van der Waals surface area contributed by atoms with Gasteiger partial charge in [-0.2, -0.15) is 0 Å². The maximum absolute atomic E-state index is 11.7. The highest BCUT2D eigenvalue weighted by Crippen LogP contribution is 2.33. The topological polar surface area (TPSA) is 55.6 Å². The molecule has 4 nitrogen and oxygen atoms in total. The Morgan fingerprint density at radius 3 is 2.53 bits per heavy atom. The van der Waals surface area contributed by atoms with Crippen LogP contribution in [0, 0.1) is 11.8 Å². The lowest BCUT2D eigenvalue weighted by atomic mass is 9.90. The molecule has 1 saturated heterocycles. The third-order valence-electron chi connectivity index (χ3n) is 3.20. The van der Waals surface area contributed by atoms with E-state index in [0.717, 1.165) is 0 Å². The maximum Gasteiger partial charge on any atom is 0.249 e. The van der Waals surface area contributed by atoms with Gasteiger partial charge in [0.2, 0.25) is 5.91 Å². The highest BCUT2D eigenvalue weighted by Gasteiger charge is 2.43. The van der Waals surface area contributed by atoms with Gasteiger partial charge in [0.05, 0.1) is 13.0 Å². The van der Waals surface area contributed by atoms with Gasteiger partial charge >= 0.3 is 0 Å². The summed E-state index contributed by atoms with van der Waals surface area (Å²) in [5.74, 6) is 0.689. The van der Waals surface area contributed by atoms with Crippen molar-refractivity contribution in [3.8, 4) is 0 Å². The molecule has 0 bridgehead atoms. The van der Waals surface area contributed by atoms with Gasteiger partial charge in [0, 0.05) is 0 Å². The predicted molar refractivity (Wildman–Crippen MR) is 58.9 cm³/mol. The van der Waals surface area contributed by atoms with E-state index in [9.17, 15) is 4.79 Å². The number of hydroxylamine groups is 2. The number of rotatable bonds is 4. The van der Waals surface area contributed by atoms with Crippen molar-refractivity contribution in [3.05, 3.63) is 0 Å². The Kier molecular flexibility index (Phi) is 3.73. The summed E-state index contributed by atoms with van der Waals surface area (Å²) in [6, 6.07) is 0. The zero-order valence-corrected chi connectivity index (χ0v) is 10.1. The van der Waals surface area contributed by atoms with Gasteiger partial charge < -0.3 is 5.73 Å². The van der Waals surface area contributed by atoms with Gasteiger partial charge in [-0.05, 0) is 25.3 Å². The monoisotopic (exact) mass is 214 g/mol. The largest absolute Gasteiger partial charge is 0.330 e. The molecule has 0 aromatic heterocycles. The van der Waals surface area contributed by atoms with E-state index in [1.165, 1.54) is 5.06 Å². The average molecular weight is 214 g/mol. The van der Waals surface area contributed by atoms with Crippen molar-refractivity contribution in [1.29, 1.82) is 0 Å². The molecule has 0 radical (unpaired) electrons. The van der Waals surface area contributed by atoms with E-state index in [0.29, 0.717) is 25.4 Å². The summed E-state index contributed by atoms with van der Waals surface area (Å²) in [7, 11) is 0. The maximum atomic E-state index is 11.7. The number of nitrogens with zero attached hydrogens (tertiary/aromatic N) is 1. The molecule has 2 unspecified atom stereocenters. The number of hydrogen-bond donors (Lipinski definition) is 1. The molecule has 1 fully saturated rings. The van der Waals surface area contributed by atoms with Crippen LogP contribution in [0.2, 0.25) is 0 Å². The van der Waals surface area contributed by atoms with Crippen LogP contribution in [0.3, 0.4) is 0 Å². The molecule has 0 saturated carbocycles. The molecular weight excluding hydrogens is 192 g/mol. The number of carbonyl (C=O) groups is 1. The SMILES string of the molecule is CC(CN)CN1OC(C)(C(C)C)CC1=O. The van der Waals surface area contributed by atoms with Crippen molar-refractivity contribution in [2.24, 2.45) is 17.6 Å². The zero-order valence-electron chi connectivity index (χ0n) is 10.1. The van der Waals surface area contributed by atoms with Crippen LogP contribution in [-0.2, 0) is 9.63 Å². The predicted octanol–water partition coefficient (Wildman–Crippen LogP) is 1.16. The molecule has 1 rings (SSSR count). The third-order valence-corrected chi connectivity index (χ3v) is 3.20. The molecule has 2 N–H and O–H groups in total. The van der Waals surface area contributed by atoms with Gasteiger partial charge in [0.1, 0.15) is 5.60 Å². The molecule has 0 aromatic carbocycles. The molecule has 1 aliphatic heterocycles. The van der Waals surface area contributed by atoms with Gasteiger partial charge in [-0.15, -0.1) is 0 Å². The quantitative estimate of drug-likeness (QED) is 0.764. The van der Waals surface area contributed by atoms with E-state index in [-0.39, 0.29) is 17.4 Å². The Bertz CT molecular complexity index is 243. The van der Waals surface area contributed by atoms with Crippen LogP contribution in [0.1, 0.15) is 34.1 Å². The fourth-order valence-electron chi connectivity index (χ4n) is 1.53. The van der Waals surface area contributed by atoms with E-state index in [4.69, 9.17) is 10.6 Å². The normalized spacial score (nSPS) is 28.9. The first-order valence-corrected chi connectivity index (χ1v) is 5.58. The summed E-state index contributed by atoms with van der Waals surface area (Å²) in [6.07, 6.45) is 0.474. The lowest BCUT2D eigenvalue weighted by molar-refractivity contribution is -0.208. The Balaban J connectivity index is 2.60. The van der Waals surface area contributed by atoms with Gasteiger partial charge in [-0.1, -0.05) is 20.8 Å². The summed E-state index contributed by atoms with van der Waals surface area (Å²) in [5, 5.41) is 1.48. The Morgan fingerprint density at radius 2 is 2.13 bits per heavy atom. The van der Waals surface area contributed by atoms with Crippen molar-refractivity contribution >= 4 is 5.91 Å². The molecule has 4 heteroatoms. The summed E-state index contributed by atoms with van der Waals surface area (Å²) in [4.78, 5) is 17.4. The van der Waals surface area contributed by atoms with Crippen molar-refractivity contribution in [3.63, 3.8) is 0 Å². The van der Waals surface area contributed by atoms with Crippen LogP contribution >= 0.6 is 0 Å². The molecule has 88 valence electrons. The van der Waals surface area contributed by atoms with E-state index in [2.05, 4.69) is 13.8 Å². The van der Waals surface area contributed by atoms with Crippen molar-refractivity contribution in [2.45, 2.75) is 39.7 Å². The Morgan fingerprint density at radius 1 is 1.53 bits per heavy atom. The van der Waals surface area contributed by atoms with Crippen molar-refractivity contribution < 1.29 is 9.63 Å². The molecular formula is C11H22N2O2. The first-order valence-electron chi connectivity index (χ1n) is 5.58. The summed E-state index contributed by atoms with van der Waals surface area (Å²) >= 11 is 0. The fraction of sp³-hybridized carbons (Fsp3) is 0.909. The van der Waals surface area contributed by atoms with Gasteiger partial charge in [-0.25, -0.2) is 5.06 Å². The Hall–Kier alpha value is -0.610. The molecule has 1 amide bonds. The third kappa shape index (κ3) is 2.69. The van der Waals surface area contributed by atoms with E-state index in [1.807, 2.05) is 13.8 Å². The number of amides is 1. The summed E-state index contributed by atoms with van der Waals surface area (Å²) < 4.78 is 0. The molecule has 2 atom stereocenters. The minimum atomic E-state index is -0.342. The van der Waals surface area contributed by atoms with E-state index < -0.39 is 0 Å². The van der Waals surface area contributed by atoms with Gasteiger partial charge in [0.15, 0.2) is 0 Å². The van der Waals surface area contributed by atoms with Gasteiger partial charge in [0.25, 0.3) is 0 Å². The second-order valence-electron chi connectivity index (χ2n) is 5.03. The number of nitrogens with two attached hydrogens (primary N) is 1. The van der Waals surface area contributed by atoms with Gasteiger partial charge in [-0.3, -0.25) is 9.63 Å². The van der Waals surface area contributed by atoms with Crippen molar-refractivity contribution in [1.82, 2.24) is 5.06 Å². The second kappa shape index (κ2) is 4.49. The first kappa shape index (κ1) is 12.5. The standard InChI is InChI=1S/C11H22N2O2/c1-8(2)11(4)5-10(14)13(15-11)7-9(3)6-12/h8-9H,5-7,12H2,1-4H3. The highest BCUT2D eigenvalue weighted by molar-refractivity contribution is 5.78. The summed E-state index contributed by atoms with van der Waals surface area (Å²) in [6.45, 7) is 9.32. The molecule has 1 heterocycles. The second-order valence-corrected chi connectivity index (χ2v) is 5.03. The molecule has 15 heavy (non-hydrogen) atoms. The fourth-order valence-corrected chi connectivity index (χ4v) is 1.53. The van der Waals surface area contributed by atoms with Crippen LogP contribution < -0.4 is 5.73 Å². The first-order chi connectivity index (χ1) is 6.89. The molecule has 0 aliphatic carbocycles. The number of hydrogen-bond acceptors (Lipinski definition) is 3. The average Bonchev–Trinajstić information content (AvgIpc) is 2.43. The van der Waals surface area contributed by atoms with Crippen molar-refractivity contribution in [2.75, 3.05) is 13.1 Å². The molecule has 1 aliphatic rings. The smallest absolute Gasteiger partial charge is 0.249 e. The minimum absolute atomic E-state index is 0.0755. The van der Waals surface area contributed by atoms with E-state index >= 15 is 0 Å².